The molecule has 2 atom stereocenters. The zero-order valence-corrected chi connectivity index (χ0v) is 13.1. The second kappa shape index (κ2) is 8.88. The molecule has 1 aliphatic rings. The summed E-state index contributed by atoms with van der Waals surface area (Å²) >= 11 is 0. The summed E-state index contributed by atoms with van der Waals surface area (Å²) in [6, 6.07) is 9.41. The summed E-state index contributed by atoms with van der Waals surface area (Å²) < 4.78 is 10.6. The summed E-state index contributed by atoms with van der Waals surface area (Å²) in [6.45, 7) is 4.34. The summed E-state index contributed by atoms with van der Waals surface area (Å²) in [5.74, 6) is -0.204. The molecule has 1 saturated heterocycles. The molecule has 0 saturated carbocycles. The van der Waals surface area contributed by atoms with Crippen LogP contribution in [0.1, 0.15) is 25.3 Å². The third-order valence-corrected chi connectivity index (χ3v) is 3.82. The Labute approximate surface area is 131 Å². The number of carbonyl (C=O) groups excluding carboxylic acids is 1. The molecule has 0 aliphatic carbocycles. The van der Waals surface area contributed by atoms with Gasteiger partial charge in [-0.05, 0) is 31.9 Å². The Morgan fingerprint density at radius 1 is 1.41 bits per heavy atom. The van der Waals surface area contributed by atoms with E-state index in [4.69, 9.17) is 9.47 Å². The van der Waals surface area contributed by atoms with Crippen LogP contribution < -0.4 is 0 Å². The minimum Gasteiger partial charge on any atom is -0.460 e. The predicted molar refractivity (Wildman–Crippen MR) is 83.3 cm³/mol. The molecule has 1 aromatic rings. The Balaban J connectivity index is 1.80. The van der Waals surface area contributed by atoms with E-state index in [2.05, 4.69) is 0 Å². The number of hydrogen-bond donors (Lipinski definition) is 1. The topological polar surface area (TPSA) is 59.0 Å². The fraction of sp³-hybridized carbons (Fsp3) is 0.588. The van der Waals surface area contributed by atoms with E-state index in [0.29, 0.717) is 26.4 Å². The third kappa shape index (κ3) is 5.09. The first kappa shape index (κ1) is 16.9. The van der Waals surface area contributed by atoms with Crippen LogP contribution in [-0.4, -0.2) is 54.4 Å². The molecule has 22 heavy (non-hydrogen) atoms. The van der Waals surface area contributed by atoms with Gasteiger partial charge in [-0.2, -0.15) is 0 Å². The van der Waals surface area contributed by atoms with Gasteiger partial charge >= 0.3 is 5.97 Å². The number of ether oxygens (including phenoxy) is 2. The van der Waals surface area contributed by atoms with Gasteiger partial charge < -0.3 is 14.6 Å². The van der Waals surface area contributed by atoms with Crippen molar-refractivity contribution in [3.8, 4) is 0 Å². The molecule has 1 heterocycles. The van der Waals surface area contributed by atoms with Crippen molar-refractivity contribution in [2.24, 2.45) is 0 Å². The van der Waals surface area contributed by atoms with Gasteiger partial charge in [-0.25, -0.2) is 0 Å². The molecule has 0 bridgehead atoms. The van der Waals surface area contributed by atoms with Crippen LogP contribution in [0.3, 0.4) is 0 Å². The van der Waals surface area contributed by atoms with Gasteiger partial charge in [-0.1, -0.05) is 30.3 Å². The maximum absolute atomic E-state index is 12.2. The quantitative estimate of drug-likeness (QED) is 0.739. The molecule has 5 nitrogen and oxygen atoms in total. The highest BCUT2D eigenvalue weighted by atomic mass is 16.5. The van der Waals surface area contributed by atoms with Crippen LogP contribution in [0.25, 0.3) is 0 Å². The van der Waals surface area contributed by atoms with E-state index < -0.39 is 6.10 Å². The predicted octanol–water partition coefficient (Wildman–Crippen LogP) is 1.59. The first-order valence-electron chi connectivity index (χ1n) is 7.91. The van der Waals surface area contributed by atoms with Crippen molar-refractivity contribution in [2.75, 3.05) is 26.3 Å². The first-order valence-corrected chi connectivity index (χ1v) is 7.91. The highest BCUT2D eigenvalue weighted by Crippen LogP contribution is 2.19. The average Bonchev–Trinajstić information content (AvgIpc) is 2.99. The maximum atomic E-state index is 12.2. The van der Waals surface area contributed by atoms with Gasteiger partial charge in [0.05, 0.1) is 12.7 Å². The Morgan fingerprint density at radius 2 is 2.18 bits per heavy atom. The maximum Gasteiger partial charge on any atom is 0.323 e. The molecule has 1 aliphatic heterocycles. The Morgan fingerprint density at radius 3 is 2.91 bits per heavy atom. The molecule has 0 amide bonds. The van der Waals surface area contributed by atoms with Gasteiger partial charge in [0.25, 0.3) is 0 Å². The normalized spacial score (nSPS) is 20.0. The number of aliphatic hydroxyl groups excluding tert-OH is 1. The molecule has 2 rings (SSSR count). The Hall–Kier alpha value is -1.43. The van der Waals surface area contributed by atoms with E-state index in [0.717, 1.165) is 24.9 Å². The lowest BCUT2D eigenvalue weighted by molar-refractivity contribution is -0.150. The largest absolute Gasteiger partial charge is 0.460 e. The number of esters is 1. The van der Waals surface area contributed by atoms with Gasteiger partial charge in [-0.3, -0.25) is 9.69 Å². The number of benzene rings is 1. The number of nitrogens with zero attached hydrogens (tertiary/aromatic N) is 1. The van der Waals surface area contributed by atoms with Crippen molar-refractivity contribution in [2.45, 2.75) is 38.5 Å². The van der Waals surface area contributed by atoms with Crippen molar-refractivity contribution >= 4 is 5.97 Å². The minimum atomic E-state index is -0.567. The van der Waals surface area contributed by atoms with Gasteiger partial charge in [0.2, 0.25) is 0 Å². The second-order valence-electron chi connectivity index (χ2n) is 5.56. The SMILES string of the molecule is CCOCC(O)CN1CCCC1C(=O)OCc1ccccc1. The minimum absolute atomic E-state index is 0.204. The van der Waals surface area contributed by atoms with E-state index >= 15 is 0 Å². The highest BCUT2D eigenvalue weighted by Gasteiger charge is 2.32. The molecule has 1 N–H and O–H groups in total. The molecule has 5 heteroatoms. The van der Waals surface area contributed by atoms with Crippen molar-refractivity contribution < 1.29 is 19.4 Å². The zero-order valence-electron chi connectivity index (χ0n) is 13.1. The highest BCUT2D eigenvalue weighted by molar-refractivity contribution is 5.76. The standard InChI is InChI=1S/C17H25NO4/c1-2-21-13-15(19)11-18-10-6-9-16(18)17(20)22-12-14-7-4-3-5-8-14/h3-5,7-8,15-16,19H,2,6,9-13H2,1H3. The number of carbonyl (C=O) groups is 1. The molecule has 0 radical (unpaired) electrons. The van der Waals surface area contributed by atoms with Crippen molar-refractivity contribution in [1.29, 1.82) is 0 Å². The van der Waals surface area contributed by atoms with E-state index in [-0.39, 0.29) is 12.0 Å². The van der Waals surface area contributed by atoms with Gasteiger partial charge in [0, 0.05) is 13.2 Å². The van der Waals surface area contributed by atoms with Crippen LogP contribution >= 0.6 is 0 Å². The summed E-state index contributed by atoms with van der Waals surface area (Å²) in [5, 5.41) is 9.93. The molecular weight excluding hydrogens is 282 g/mol. The number of β-amino-alcohol motifs (C(OH)–C–C–N with tert-alkyl or cyclic N) is 1. The molecule has 122 valence electrons. The monoisotopic (exact) mass is 307 g/mol. The Kier molecular flexibility index (Phi) is 6.83. The van der Waals surface area contributed by atoms with Crippen LogP contribution in [0.15, 0.2) is 30.3 Å². The van der Waals surface area contributed by atoms with Crippen LogP contribution in [0.4, 0.5) is 0 Å². The summed E-state index contributed by atoms with van der Waals surface area (Å²) in [4.78, 5) is 14.2. The Bertz CT molecular complexity index is 451. The van der Waals surface area contributed by atoms with Gasteiger partial charge in [0.1, 0.15) is 12.6 Å². The third-order valence-electron chi connectivity index (χ3n) is 3.82. The van der Waals surface area contributed by atoms with E-state index in [1.165, 1.54) is 0 Å². The lowest BCUT2D eigenvalue weighted by Gasteiger charge is -2.25. The summed E-state index contributed by atoms with van der Waals surface area (Å²) in [5.41, 5.74) is 0.983. The first-order chi connectivity index (χ1) is 10.7. The molecule has 2 unspecified atom stereocenters. The van der Waals surface area contributed by atoms with E-state index in [1.54, 1.807) is 0 Å². The fourth-order valence-corrected chi connectivity index (χ4v) is 2.71. The number of hydrogen-bond acceptors (Lipinski definition) is 5. The van der Waals surface area contributed by atoms with Crippen LogP contribution in [0, 0.1) is 0 Å². The summed E-state index contributed by atoms with van der Waals surface area (Å²) in [6.07, 6.45) is 1.17. The van der Waals surface area contributed by atoms with Crippen molar-refractivity contribution in [3.05, 3.63) is 35.9 Å². The lowest BCUT2D eigenvalue weighted by atomic mass is 10.2. The number of aliphatic hydroxyl groups is 1. The second-order valence-corrected chi connectivity index (χ2v) is 5.56. The van der Waals surface area contributed by atoms with E-state index in [1.807, 2.05) is 42.2 Å². The molecule has 1 fully saturated rings. The van der Waals surface area contributed by atoms with Crippen molar-refractivity contribution in [1.82, 2.24) is 4.90 Å². The van der Waals surface area contributed by atoms with Gasteiger partial charge in [-0.15, -0.1) is 0 Å². The fourth-order valence-electron chi connectivity index (χ4n) is 2.71. The number of likely N-dealkylation sites (tertiary alicyclic amines) is 1. The van der Waals surface area contributed by atoms with Crippen molar-refractivity contribution in [3.63, 3.8) is 0 Å². The number of rotatable bonds is 8. The zero-order chi connectivity index (χ0) is 15.8. The smallest absolute Gasteiger partial charge is 0.323 e. The molecule has 0 aromatic heterocycles. The van der Waals surface area contributed by atoms with Gasteiger partial charge in [0.15, 0.2) is 0 Å². The van der Waals surface area contributed by atoms with E-state index in [9.17, 15) is 9.90 Å². The molecule has 1 aromatic carbocycles. The van der Waals surface area contributed by atoms with Crippen LogP contribution in [-0.2, 0) is 20.9 Å². The lowest BCUT2D eigenvalue weighted by Crippen LogP contribution is -2.42. The summed E-state index contributed by atoms with van der Waals surface area (Å²) in [7, 11) is 0. The van der Waals surface area contributed by atoms with Crippen LogP contribution in [0.2, 0.25) is 0 Å². The average molecular weight is 307 g/mol. The molecular formula is C17H25NO4. The molecule has 0 spiro atoms. The van der Waals surface area contributed by atoms with Crippen LogP contribution in [0.5, 0.6) is 0 Å².